The normalized spacial score (nSPS) is 26.9. The molecule has 6 nitrogen and oxygen atoms in total. The number of amides is 1. The van der Waals surface area contributed by atoms with Crippen LogP contribution in [-0.2, 0) is 10.2 Å². The minimum absolute atomic E-state index is 0.00487. The van der Waals surface area contributed by atoms with Crippen LogP contribution in [0.25, 0.3) is 0 Å². The average molecular weight is 463 g/mol. The number of aliphatic hydroxyl groups is 1. The van der Waals surface area contributed by atoms with Crippen molar-refractivity contribution in [1.29, 1.82) is 0 Å². The summed E-state index contributed by atoms with van der Waals surface area (Å²) in [5.74, 6) is 0.119. The Morgan fingerprint density at radius 1 is 1.24 bits per heavy atom. The molecule has 2 aliphatic rings. The molecule has 1 heterocycles. The van der Waals surface area contributed by atoms with Gasteiger partial charge in [0.25, 0.3) is 5.91 Å². The fourth-order valence-electron chi connectivity index (χ4n) is 5.88. The number of aliphatic hydroxyl groups excluding tert-OH is 1. The number of likely N-dealkylation sites (tertiary alicyclic amines) is 1. The third kappa shape index (κ3) is 4.79. The third-order valence-corrected chi connectivity index (χ3v) is 7.56. The van der Waals surface area contributed by atoms with Crippen LogP contribution in [-0.4, -0.2) is 65.6 Å². The van der Waals surface area contributed by atoms with Crippen molar-refractivity contribution in [1.82, 2.24) is 9.80 Å². The zero-order valence-electron chi connectivity index (χ0n) is 20.0. The molecule has 34 heavy (non-hydrogen) atoms. The van der Waals surface area contributed by atoms with Crippen LogP contribution in [0.3, 0.4) is 0 Å². The Kier molecular flexibility index (Phi) is 7.19. The molecular weight excluding hydrogens is 428 g/mol. The second-order valence-corrected chi connectivity index (χ2v) is 9.63. The van der Waals surface area contributed by atoms with Gasteiger partial charge in [-0.2, -0.15) is 0 Å². The van der Waals surface area contributed by atoms with E-state index in [-0.39, 0.29) is 29.3 Å². The predicted octanol–water partition coefficient (Wildman–Crippen LogP) is 3.65. The number of ether oxygens (including phenoxy) is 1. The van der Waals surface area contributed by atoms with Gasteiger partial charge in [0.05, 0.1) is 6.10 Å². The van der Waals surface area contributed by atoms with E-state index < -0.39 is 6.10 Å². The molecule has 3 unspecified atom stereocenters. The summed E-state index contributed by atoms with van der Waals surface area (Å²) in [5.41, 5.74) is 1.37. The molecule has 0 bridgehead atoms. The van der Waals surface area contributed by atoms with Gasteiger partial charge in [-0.3, -0.25) is 14.5 Å². The minimum Gasteiger partial charge on any atom is -0.427 e. The molecule has 1 N–H and O–H groups in total. The molecule has 6 heteroatoms. The highest BCUT2D eigenvalue weighted by Crippen LogP contribution is 2.50. The number of fused-ring (bicyclic) bond motifs is 1. The van der Waals surface area contributed by atoms with Gasteiger partial charge >= 0.3 is 5.97 Å². The van der Waals surface area contributed by atoms with Crippen molar-refractivity contribution < 1.29 is 19.4 Å². The summed E-state index contributed by atoms with van der Waals surface area (Å²) in [6, 6.07) is 16.9. The molecule has 180 valence electrons. The molecule has 1 saturated carbocycles. The van der Waals surface area contributed by atoms with Crippen LogP contribution < -0.4 is 4.74 Å². The van der Waals surface area contributed by atoms with Gasteiger partial charge in [-0.05, 0) is 55.6 Å². The van der Waals surface area contributed by atoms with Gasteiger partial charge in [-0.15, -0.1) is 6.58 Å². The van der Waals surface area contributed by atoms with Crippen molar-refractivity contribution in [3.63, 3.8) is 0 Å². The van der Waals surface area contributed by atoms with E-state index in [1.807, 2.05) is 55.6 Å². The summed E-state index contributed by atoms with van der Waals surface area (Å²) in [6.07, 6.45) is 3.46. The zero-order valence-corrected chi connectivity index (χ0v) is 20.0. The number of rotatable bonds is 6. The highest BCUT2D eigenvalue weighted by molar-refractivity contribution is 5.94. The SMILES string of the molecule is C=CCN1CCC2(c3cccc(OC(C)=O)c3)C[C@H](N(C)C(=O)c3ccccc3)CC(O)C2C1. The summed E-state index contributed by atoms with van der Waals surface area (Å²) >= 11 is 0. The molecule has 1 aliphatic heterocycles. The highest BCUT2D eigenvalue weighted by Gasteiger charge is 2.53. The maximum absolute atomic E-state index is 13.2. The number of esters is 1. The Morgan fingerprint density at radius 2 is 2.00 bits per heavy atom. The smallest absolute Gasteiger partial charge is 0.308 e. The lowest BCUT2D eigenvalue weighted by molar-refractivity contribution is -0.131. The summed E-state index contributed by atoms with van der Waals surface area (Å²) in [5, 5.41) is 11.4. The lowest BCUT2D eigenvalue weighted by Gasteiger charge is -2.56. The maximum atomic E-state index is 13.2. The van der Waals surface area contributed by atoms with Crippen molar-refractivity contribution in [2.45, 2.75) is 43.7 Å². The molecule has 1 aliphatic carbocycles. The van der Waals surface area contributed by atoms with Crippen LogP contribution in [0, 0.1) is 5.92 Å². The maximum Gasteiger partial charge on any atom is 0.308 e. The lowest BCUT2D eigenvalue weighted by atomic mass is 9.56. The molecular formula is C28H34N2O4. The molecule has 4 rings (SSSR count). The van der Waals surface area contributed by atoms with Gasteiger partial charge in [-0.1, -0.05) is 36.4 Å². The van der Waals surface area contributed by atoms with Crippen molar-refractivity contribution in [2.24, 2.45) is 5.92 Å². The fraction of sp³-hybridized carbons (Fsp3) is 0.429. The van der Waals surface area contributed by atoms with E-state index in [1.165, 1.54) is 6.92 Å². The Bertz CT molecular complexity index is 1040. The van der Waals surface area contributed by atoms with Gasteiger partial charge in [0.1, 0.15) is 5.75 Å². The van der Waals surface area contributed by atoms with Crippen molar-refractivity contribution >= 4 is 11.9 Å². The molecule has 0 spiro atoms. The van der Waals surface area contributed by atoms with E-state index in [9.17, 15) is 14.7 Å². The summed E-state index contributed by atoms with van der Waals surface area (Å²) in [7, 11) is 1.84. The first kappa shape index (κ1) is 24.2. The average Bonchev–Trinajstić information content (AvgIpc) is 2.84. The Hall–Kier alpha value is -2.96. The van der Waals surface area contributed by atoms with E-state index in [0.29, 0.717) is 17.7 Å². The predicted molar refractivity (Wildman–Crippen MR) is 132 cm³/mol. The van der Waals surface area contributed by atoms with Crippen molar-refractivity contribution in [3.05, 3.63) is 78.4 Å². The van der Waals surface area contributed by atoms with E-state index in [4.69, 9.17) is 4.74 Å². The number of benzene rings is 2. The van der Waals surface area contributed by atoms with E-state index >= 15 is 0 Å². The quantitative estimate of drug-likeness (QED) is 0.403. The number of hydrogen-bond acceptors (Lipinski definition) is 5. The van der Waals surface area contributed by atoms with Crippen LogP contribution in [0.15, 0.2) is 67.3 Å². The second kappa shape index (κ2) is 10.1. The number of hydrogen-bond donors (Lipinski definition) is 1. The number of carbonyl (C=O) groups excluding carboxylic acids is 2. The van der Waals surface area contributed by atoms with E-state index in [2.05, 4.69) is 17.5 Å². The lowest BCUT2D eigenvalue weighted by Crippen LogP contribution is -2.61. The first-order valence-electron chi connectivity index (χ1n) is 12.0. The van der Waals surface area contributed by atoms with Crippen LogP contribution in [0.2, 0.25) is 0 Å². The molecule has 0 aromatic heterocycles. The van der Waals surface area contributed by atoms with E-state index in [1.54, 1.807) is 11.0 Å². The van der Waals surface area contributed by atoms with Crippen molar-refractivity contribution in [3.8, 4) is 5.75 Å². The van der Waals surface area contributed by atoms with Gasteiger partial charge in [0.15, 0.2) is 0 Å². The molecule has 2 aromatic rings. The molecule has 2 fully saturated rings. The van der Waals surface area contributed by atoms with Crippen LogP contribution in [0.5, 0.6) is 5.75 Å². The Labute approximate surface area is 201 Å². The summed E-state index contributed by atoms with van der Waals surface area (Å²) < 4.78 is 5.39. The molecule has 4 atom stereocenters. The van der Waals surface area contributed by atoms with Gasteiger partial charge in [0.2, 0.25) is 0 Å². The first-order chi connectivity index (χ1) is 16.3. The molecule has 1 saturated heterocycles. The highest BCUT2D eigenvalue weighted by atomic mass is 16.5. The van der Waals surface area contributed by atoms with Crippen LogP contribution >= 0.6 is 0 Å². The van der Waals surface area contributed by atoms with Gasteiger partial charge < -0.3 is 14.7 Å². The minimum atomic E-state index is -0.560. The summed E-state index contributed by atoms with van der Waals surface area (Å²) in [4.78, 5) is 28.9. The van der Waals surface area contributed by atoms with Gasteiger partial charge in [-0.25, -0.2) is 0 Å². The van der Waals surface area contributed by atoms with Crippen LogP contribution in [0.4, 0.5) is 0 Å². The topological polar surface area (TPSA) is 70.1 Å². The number of nitrogens with zero attached hydrogens (tertiary/aromatic N) is 2. The number of piperidine rings is 1. The van der Waals surface area contributed by atoms with E-state index in [0.717, 1.165) is 38.0 Å². The van der Waals surface area contributed by atoms with Crippen LogP contribution in [0.1, 0.15) is 42.1 Å². The largest absolute Gasteiger partial charge is 0.427 e. The Balaban J connectivity index is 1.69. The fourth-order valence-corrected chi connectivity index (χ4v) is 5.88. The second-order valence-electron chi connectivity index (χ2n) is 9.63. The molecule has 1 amide bonds. The Morgan fingerprint density at radius 3 is 2.71 bits per heavy atom. The monoisotopic (exact) mass is 462 g/mol. The standard InChI is InChI=1S/C28H34N2O4/c1-4-14-30-15-13-28(22-11-8-12-24(16-22)34-20(2)31)18-23(17-26(32)25(28)19-30)29(3)27(33)21-9-6-5-7-10-21/h4-12,16,23,25-26,32H,1,13-15,17-19H2,2-3H3/t23-,25?,26?,28?/m1/s1. The first-order valence-corrected chi connectivity index (χ1v) is 12.0. The van der Waals surface area contributed by atoms with Gasteiger partial charge in [0, 0.05) is 50.0 Å². The molecule has 2 aromatic carbocycles. The molecule has 0 radical (unpaired) electrons. The zero-order chi connectivity index (χ0) is 24.3. The summed E-state index contributed by atoms with van der Waals surface area (Å²) in [6.45, 7) is 7.68. The number of carbonyl (C=O) groups is 2. The third-order valence-electron chi connectivity index (χ3n) is 7.56. The van der Waals surface area contributed by atoms with Crippen molar-refractivity contribution in [2.75, 3.05) is 26.7 Å².